The van der Waals surface area contributed by atoms with Crippen LogP contribution in [0.25, 0.3) is 5.65 Å². The highest BCUT2D eigenvalue weighted by Gasteiger charge is 2.33. The van der Waals surface area contributed by atoms with E-state index in [9.17, 15) is 38.4 Å². The van der Waals surface area contributed by atoms with Crippen molar-refractivity contribution in [2.24, 2.45) is 0 Å². The summed E-state index contributed by atoms with van der Waals surface area (Å²) in [5, 5.41) is 32.5. The number of hydrogen-bond acceptors (Lipinski definition) is 8. The summed E-state index contributed by atoms with van der Waals surface area (Å²) in [7, 11) is 0. The van der Waals surface area contributed by atoms with Crippen molar-refractivity contribution in [1.29, 1.82) is 10.5 Å². The highest BCUT2D eigenvalue weighted by molar-refractivity contribution is 5.94. The number of alkyl halides is 3. The Bertz CT molecular complexity index is 1960. The number of benzene rings is 2. The van der Waals surface area contributed by atoms with Crippen molar-refractivity contribution in [2.75, 3.05) is 34.8 Å². The Labute approximate surface area is 256 Å². The van der Waals surface area contributed by atoms with Crippen LogP contribution in [-0.4, -0.2) is 46.1 Å². The van der Waals surface area contributed by atoms with Gasteiger partial charge in [-0.15, -0.1) is 0 Å². The molecule has 2 aromatic heterocycles. The van der Waals surface area contributed by atoms with E-state index in [0.717, 1.165) is 17.7 Å². The third kappa shape index (κ3) is 5.85. The maximum atomic E-state index is 13.7. The fourth-order valence-electron chi connectivity index (χ4n) is 5.70. The summed E-state index contributed by atoms with van der Waals surface area (Å²) < 4.78 is 41.0. The predicted octanol–water partition coefficient (Wildman–Crippen LogP) is 5.35. The van der Waals surface area contributed by atoms with Crippen molar-refractivity contribution in [3.63, 3.8) is 0 Å². The number of piperazine rings is 1. The molecular weight excluding hydrogens is 587 g/mol. The van der Waals surface area contributed by atoms with E-state index in [-0.39, 0.29) is 47.3 Å². The largest absolute Gasteiger partial charge is 0.478 e. The summed E-state index contributed by atoms with van der Waals surface area (Å²) in [5.41, 5.74) is 0.721. The molecule has 3 heterocycles. The zero-order valence-electron chi connectivity index (χ0n) is 24.6. The highest BCUT2D eigenvalue weighted by atomic mass is 19.4. The molecule has 5 rings (SSSR count). The smallest absolute Gasteiger partial charge is 0.416 e. The molecule has 0 amide bonds. The zero-order chi connectivity index (χ0) is 32.6. The van der Waals surface area contributed by atoms with E-state index in [2.05, 4.69) is 5.32 Å². The molecule has 1 aliphatic heterocycles. The number of para-hydroxylation sites is 1. The molecule has 13 heteroatoms. The number of carboxylic acid groups (broad SMARTS) is 1. The van der Waals surface area contributed by atoms with E-state index in [1.54, 1.807) is 36.2 Å². The number of nitrogens with one attached hydrogen (secondary N) is 1. The number of aromatic nitrogens is 2. The van der Waals surface area contributed by atoms with Gasteiger partial charge in [0.1, 0.15) is 17.8 Å². The monoisotopic (exact) mass is 615 g/mol. The Kier molecular flexibility index (Phi) is 8.13. The molecule has 45 heavy (non-hydrogen) atoms. The van der Waals surface area contributed by atoms with Gasteiger partial charge in [-0.2, -0.15) is 23.7 Å². The predicted molar refractivity (Wildman–Crippen MR) is 162 cm³/mol. The number of nitriles is 2. The molecule has 10 nitrogen and oxygen atoms in total. The molecule has 2 N–H and O–H groups in total. The van der Waals surface area contributed by atoms with Crippen molar-refractivity contribution in [3.05, 3.63) is 98.5 Å². The highest BCUT2D eigenvalue weighted by Crippen LogP contribution is 2.34. The quantitative estimate of drug-likeness (QED) is 0.294. The summed E-state index contributed by atoms with van der Waals surface area (Å²) in [4.78, 5) is 33.9. The Morgan fingerprint density at radius 3 is 2.51 bits per heavy atom. The summed E-state index contributed by atoms with van der Waals surface area (Å²) in [6.45, 7) is 6.31. The van der Waals surface area contributed by atoms with Crippen LogP contribution in [0.15, 0.2) is 59.5 Å². The second-order valence-electron chi connectivity index (χ2n) is 10.9. The van der Waals surface area contributed by atoms with Gasteiger partial charge in [0.15, 0.2) is 11.4 Å². The second-order valence-corrected chi connectivity index (χ2v) is 10.9. The molecule has 230 valence electrons. The number of aryl methyl sites for hydroxylation is 1. The average molecular weight is 616 g/mol. The lowest BCUT2D eigenvalue weighted by Gasteiger charge is -2.42. The van der Waals surface area contributed by atoms with Crippen LogP contribution >= 0.6 is 0 Å². The van der Waals surface area contributed by atoms with Crippen molar-refractivity contribution >= 4 is 28.8 Å². The molecule has 1 fully saturated rings. The number of pyridine rings is 1. The molecule has 1 saturated heterocycles. The van der Waals surface area contributed by atoms with Gasteiger partial charge in [-0.1, -0.05) is 12.1 Å². The number of nitrogens with zero attached hydrogens (tertiary/aromatic N) is 6. The van der Waals surface area contributed by atoms with Crippen molar-refractivity contribution in [1.82, 2.24) is 9.38 Å². The van der Waals surface area contributed by atoms with Crippen LogP contribution in [0.2, 0.25) is 0 Å². The first kappa shape index (κ1) is 30.9. The van der Waals surface area contributed by atoms with Gasteiger partial charge in [-0.05, 0) is 62.7 Å². The maximum absolute atomic E-state index is 13.7. The summed E-state index contributed by atoms with van der Waals surface area (Å²) in [6.07, 6.45) is -2.99. The molecule has 1 unspecified atom stereocenters. The van der Waals surface area contributed by atoms with Crippen LogP contribution in [-0.2, 0) is 6.18 Å². The summed E-state index contributed by atoms with van der Waals surface area (Å²) >= 11 is 0. The van der Waals surface area contributed by atoms with Crippen molar-refractivity contribution < 1.29 is 23.1 Å². The van der Waals surface area contributed by atoms with E-state index in [1.807, 2.05) is 37.0 Å². The minimum absolute atomic E-state index is 0.0817. The van der Waals surface area contributed by atoms with Gasteiger partial charge in [0.2, 0.25) is 0 Å². The summed E-state index contributed by atoms with van der Waals surface area (Å²) in [5.74, 6) is -0.924. The molecule has 0 radical (unpaired) electrons. The fourth-order valence-corrected chi connectivity index (χ4v) is 5.70. The Balaban J connectivity index is 1.53. The Morgan fingerprint density at radius 1 is 1.13 bits per heavy atom. The van der Waals surface area contributed by atoms with Crippen LogP contribution < -0.4 is 20.7 Å². The van der Waals surface area contributed by atoms with Gasteiger partial charge < -0.3 is 20.2 Å². The number of fused-ring (bicyclic) bond motifs is 1. The lowest BCUT2D eigenvalue weighted by molar-refractivity contribution is -0.137. The third-order valence-electron chi connectivity index (χ3n) is 7.86. The van der Waals surface area contributed by atoms with Gasteiger partial charge >= 0.3 is 12.1 Å². The number of rotatable bonds is 6. The van der Waals surface area contributed by atoms with Crippen molar-refractivity contribution in [2.45, 2.75) is 39.0 Å². The maximum Gasteiger partial charge on any atom is 0.416 e. The molecule has 0 aliphatic carbocycles. The number of anilines is 3. The number of aromatic carboxylic acids is 1. The van der Waals surface area contributed by atoms with E-state index in [4.69, 9.17) is 4.98 Å². The zero-order valence-corrected chi connectivity index (χ0v) is 24.6. The number of hydrogen-bond donors (Lipinski definition) is 2. The first-order chi connectivity index (χ1) is 21.3. The topological polar surface area (TPSA) is 138 Å². The molecule has 0 saturated carbocycles. The Morgan fingerprint density at radius 2 is 1.87 bits per heavy atom. The van der Waals surface area contributed by atoms with E-state index >= 15 is 0 Å². The lowest BCUT2D eigenvalue weighted by Crippen LogP contribution is -2.53. The number of carboxylic acids is 1. The number of carbonyl (C=O) groups is 1. The minimum atomic E-state index is -4.58. The number of halogens is 3. The van der Waals surface area contributed by atoms with Crippen LogP contribution in [0.1, 0.15) is 58.1 Å². The van der Waals surface area contributed by atoms with E-state index < -0.39 is 29.3 Å². The fraction of sp³-hybridized carbons (Fsp3) is 0.281. The molecule has 2 aromatic carbocycles. The molecule has 4 aromatic rings. The standard InChI is InChI=1S/C32H28F3N7O3/c1-18-12-24(20(3)38-26-7-5-4-6-23(26)31(44)45)28-39-29(25(15-37)30(43)42(28)16-18)41-11-10-40(17-19(41)2)27-9-8-22(32(33,34)35)13-21(27)14-36/h4-9,12-13,16,19-20,38H,10-11,17H2,1-3H3,(H,44,45)/t19-,20?/m0/s1. The van der Waals surface area contributed by atoms with Gasteiger partial charge in [0.25, 0.3) is 5.56 Å². The molecule has 1 aliphatic rings. The average Bonchev–Trinajstić information content (AvgIpc) is 3.00. The lowest BCUT2D eigenvalue weighted by atomic mass is 10.0. The van der Waals surface area contributed by atoms with Gasteiger partial charge in [-0.25, -0.2) is 9.78 Å². The van der Waals surface area contributed by atoms with Crippen LogP contribution in [0.4, 0.5) is 30.4 Å². The molecular formula is C32H28F3N7O3. The Hall–Kier alpha value is -5.56. The first-order valence-electron chi connectivity index (χ1n) is 14.0. The van der Waals surface area contributed by atoms with Crippen LogP contribution in [0.3, 0.4) is 0 Å². The van der Waals surface area contributed by atoms with Gasteiger partial charge in [-0.3, -0.25) is 9.20 Å². The normalized spacial score (nSPS) is 15.8. The van der Waals surface area contributed by atoms with Gasteiger partial charge in [0.05, 0.1) is 28.4 Å². The first-order valence-corrected chi connectivity index (χ1v) is 14.0. The van der Waals surface area contributed by atoms with E-state index in [1.165, 1.54) is 16.5 Å². The van der Waals surface area contributed by atoms with E-state index in [0.29, 0.717) is 23.5 Å². The molecule has 0 spiro atoms. The molecule has 0 bridgehead atoms. The molecule has 2 atom stereocenters. The van der Waals surface area contributed by atoms with Crippen LogP contribution in [0.5, 0.6) is 0 Å². The second kappa shape index (κ2) is 11.8. The SMILES string of the molecule is Cc1cc(C(C)Nc2ccccc2C(=O)O)c2nc(N3CCN(c4ccc(C(F)(F)F)cc4C#N)C[C@@H]3C)c(C#N)c(=O)n2c1. The minimum Gasteiger partial charge on any atom is -0.478 e. The summed E-state index contributed by atoms with van der Waals surface area (Å²) in [6, 6.07) is 14.4. The van der Waals surface area contributed by atoms with Gasteiger partial charge in [0, 0.05) is 43.1 Å². The third-order valence-corrected chi connectivity index (χ3v) is 7.86. The van der Waals surface area contributed by atoms with Crippen molar-refractivity contribution in [3.8, 4) is 12.1 Å². The van der Waals surface area contributed by atoms with Crippen LogP contribution in [0, 0.1) is 29.6 Å².